The molecule has 13 aromatic carbocycles. The molecular formula is C82H50N8. The number of benzene rings is 13. The molecule has 0 spiro atoms. The van der Waals surface area contributed by atoms with Crippen molar-refractivity contribution < 1.29 is 0 Å². The lowest BCUT2D eigenvalue weighted by Crippen LogP contribution is -2.03. The van der Waals surface area contributed by atoms with Gasteiger partial charge >= 0.3 is 0 Å². The van der Waals surface area contributed by atoms with Crippen LogP contribution in [0.4, 0.5) is 0 Å². The summed E-state index contributed by atoms with van der Waals surface area (Å²) in [6, 6.07) is 110. The van der Waals surface area contributed by atoms with Crippen LogP contribution in [0.1, 0.15) is 5.56 Å². The normalized spacial score (nSPS) is 11.8. The summed E-state index contributed by atoms with van der Waals surface area (Å²) < 4.78 is 9.63. The molecule has 90 heavy (non-hydrogen) atoms. The van der Waals surface area contributed by atoms with Crippen LogP contribution < -0.4 is 0 Å². The quantitative estimate of drug-likeness (QED) is 0.144. The van der Waals surface area contributed by atoms with E-state index in [2.05, 4.69) is 249 Å². The molecular weight excluding hydrogens is 1100 g/mol. The Morgan fingerprint density at radius 2 is 0.578 bits per heavy atom. The maximum absolute atomic E-state index is 11.1. The lowest BCUT2D eigenvalue weighted by Gasteiger charge is -2.20. The van der Waals surface area contributed by atoms with E-state index in [1.807, 2.05) is 78.9 Å². The van der Waals surface area contributed by atoms with Crippen molar-refractivity contribution in [2.45, 2.75) is 0 Å². The predicted molar refractivity (Wildman–Crippen MR) is 369 cm³/mol. The first-order valence-electron chi connectivity index (χ1n) is 30.3. The standard InChI is InChI=1S/C82H50N8/c83-51-56-27-13-14-32-59(56)65-45-54(41-43-75(65)90-73-40-22-18-36-63(73)69-48-67-61-34-16-20-38-71(61)88(77(67)50-79(69)90)58-30-11-4-12-31-58)64-46-55(82-85-80(52-23-5-1-6-24-52)84-81(86-82)53-25-7-2-8-26-53)42-44-74(64)89-72-39-21-17-35-62(72)68-47-66-60-33-15-19-37-70(60)87(76(66)49-78(68)89)57-28-9-3-10-29-57/h1-50H. The van der Waals surface area contributed by atoms with Crippen molar-refractivity contribution in [3.63, 3.8) is 0 Å². The summed E-state index contributed by atoms with van der Waals surface area (Å²) in [5, 5.41) is 20.4. The van der Waals surface area contributed by atoms with Crippen LogP contribution in [0.15, 0.2) is 303 Å². The van der Waals surface area contributed by atoms with E-state index in [0.717, 1.165) is 127 Å². The Bertz CT molecular complexity index is 5910. The maximum Gasteiger partial charge on any atom is 0.164 e. The summed E-state index contributed by atoms with van der Waals surface area (Å²) in [6.07, 6.45) is 0. The minimum atomic E-state index is 0.544. The third-order valence-electron chi connectivity index (χ3n) is 18.0. The number of hydrogen-bond acceptors (Lipinski definition) is 4. The van der Waals surface area contributed by atoms with Gasteiger partial charge in [0.15, 0.2) is 17.5 Å². The highest BCUT2D eigenvalue weighted by Crippen LogP contribution is 2.46. The first-order valence-corrected chi connectivity index (χ1v) is 30.3. The molecule has 8 heteroatoms. The fraction of sp³-hybridized carbons (Fsp3) is 0. The second-order valence-electron chi connectivity index (χ2n) is 23.0. The minimum Gasteiger partial charge on any atom is -0.309 e. The number of nitrogens with zero attached hydrogens (tertiary/aromatic N) is 8. The highest BCUT2D eigenvalue weighted by Gasteiger charge is 2.25. The van der Waals surface area contributed by atoms with Gasteiger partial charge in [-0.25, -0.2) is 15.0 Å². The van der Waals surface area contributed by atoms with Crippen LogP contribution in [0.2, 0.25) is 0 Å². The summed E-state index contributed by atoms with van der Waals surface area (Å²) in [5.74, 6) is 1.71. The van der Waals surface area contributed by atoms with E-state index in [1.54, 1.807) is 0 Å². The lowest BCUT2D eigenvalue weighted by atomic mass is 9.93. The van der Waals surface area contributed by atoms with Crippen LogP contribution in [-0.2, 0) is 0 Å². The zero-order valence-electron chi connectivity index (χ0n) is 48.4. The summed E-state index contributed by atoms with van der Waals surface area (Å²) in [5.41, 5.74) is 19.6. The Labute approximate surface area is 516 Å². The second kappa shape index (κ2) is 20.3. The van der Waals surface area contributed by atoms with E-state index in [9.17, 15) is 5.26 Å². The van der Waals surface area contributed by atoms with Crippen molar-refractivity contribution in [1.29, 1.82) is 5.26 Å². The molecule has 0 bridgehead atoms. The fourth-order valence-electron chi connectivity index (χ4n) is 14.1. The van der Waals surface area contributed by atoms with Gasteiger partial charge in [0, 0.05) is 87.8 Å². The smallest absolute Gasteiger partial charge is 0.164 e. The zero-order chi connectivity index (χ0) is 59.4. The highest BCUT2D eigenvalue weighted by atomic mass is 15.0. The Hall–Kier alpha value is -12.4. The van der Waals surface area contributed by atoms with Crippen molar-refractivity contribution in [3.8, 4) is 85.2 Å². The fourth-order valence-corrected chi connectivity index (χ4v) is 14.1. The topological polar surface area (TPSA) is 82.2 Å². The van der Waals surface area contributed by atoms with E-state index in [1.165, 1.54) is 21.5 Å². The lowest BCUT2D eigenvalue weighted by molar-refractivity contribution is 1.07. The van der Waals surface area contributed by atoms with Gasteiger partial charge in [-0.3, -0.25) is 0 Å². The first-order chi connectivity index (χ1) is 44.6. The molecule has 5 heterocycles. The Morgan fingerprint density at radius 3 is 1.03 bits per heavy atom. The number of rotatable bonds is 9. The summed E-state index contributed by atoms with van der Waals surface area (Å²) in [7, 11) is 0. The SMILES string of the molecule is N#Cc1ccccc1-c1cc(-c2cc(-c3nc(-c4ccccc4)nc(-c4ccccc4)n3)ccc2-n2c3ccccc3c3cc4c5ccccc5n(-c5ccccc5)c4cc32)ccc1-n1c2ccccc2c2cc3c4ccccc4n(-c4ccccc4)c3cc21. The number of nitriles is 1. The molecule has 0 amide bonds. The van der Waals surface area contributed by atoms with Crippen LogP contribution in [0.25, 0.3) is 166 Å². The minimum absolute atomic E-state index is 0.544. The average Bonchev–Trinajstić information content (AvgIpc) is 1.57. The Balaban J connectivity index is 0.941. The van der Waals surface area contributed by atoms with Crippen LogP contribution in [0, 0.1) is 11.3 Å². The van der Waals surface area contributed by atoms with E-state index in [4.69, 9.17) is 15.0 Å². The van der Waals surface area contributed by atoms with Gasteiger partial charge in [0.1, 0.15) is 0 Å². The molecule has 418 valence electrons. The van der Waals surface area contributed by atoms with Crippen molar-refractivity contribution in [1.82, 2.24) is 33.2 Å². The number of fused-ring (bicyclic) bond motifs is 12. The zero-order valence-corrected chi connectivity index (χ0v) is 48.4. The summed E-state index contributed by atoms with van der Waals surface area (Å²) in [6.45, 7) is 0. The van der Waals surface area contributed by atoms with Crippen LogP contribution in [0.5, 0.6) is 0 Å². The van der Waals surface area contributed by atoms with Crippen LogP contribution >= 0.6 is 0 Å². The summed E-state index contributed by atoms with van der Waals surface area (Å²) >= 11 is 0. The highest BCUT2D eigenvalue weighted by molar-refractivity contribution is 6.21. The monoisotopic (exact) mass is 1150 g/mol. The van der Waals surface area contributed by atoms with Gasteiger partial charge in [-0.15, -0.1) is 0 Å². The van der Waals surface area contributed by atoms with Gasteiger partial charge in [0.2, 0.25) is 0 Å². The van der Waals surface area contributed by atoms with E-state index >= 15 is 0 Å². The molecule has 0 atom stereocenters. The third kappa shape index (κ3) is 7.90. The Morgan fingerprint density at radius 1 is 0.233 bits per heavy atom. The van der Waals surface area contributed by atoms with Crippen molar-refractivity contribution in [2.24, 2.45) is 0 Å². The molecule has 5 aromatic heterocycles. The van der Waals surface area contributed by atoms with Crippen molar-refractivity contribution in [3.05, 3.63) is 309 Å². The number of hydrogen-bond donors (Lipinski definition) is 0. The van der Waals surface area contributed by atoms with Gasteiger partial charge in [-0.2, -0.15) is 5.26 Å². The molecule has 8 nitrogen and oxygen atoms in total. The van der Waals surface area contributed by atoms with Gasteiger partial charge in [0.05, 0.1) is 67.1 Å². The van der Waals surface area contributed by atoms with Crippen molar-refractivity contribution >= 4 is 87.2 Å². The molecule has 0 saturated heterocycles. The Kier molecular flexibility index (Phi) is 11.5. The molecule has 0 aliphatic heterocycles. The first kappa shape index (κ1) is 50.8. The van der Waals surface area contributed by atoms with E-state index in [0.29, 0.717) is 23.0 Å². The molecule has 0 N–H and O–H groups in total. The number of aromatic nitrogens is 7. The summed E-state index contributed by atoms with van der Waals surface area (Å²) in [4.78, 5) is 15.7. The van der Waals surface area contributed by atoms with Crippen LogP contribution in [-0.4, -0.2) is 33.2 Å². The van der Waals surface area contributed by atoms with E-state index < -0.39 is 0 Å². The molecule has 0 aliphatic rings. The van der Waals surface area contributed by atoms with Gasteiger partial charge < -0.3 is 18.3 Å². The average molecular weight is 1150 g/mol. The van der Waals surface area contributed by atoms with Gasteiger partial charge in [0.25, 0.3) is 0 Å². The molecule has 0 aliphatic carbocycles. The third-order valence-corrected chi connectivity index (χ3v) is 18.0. The van der Waals surface area contributed by atoms with Crippen molar-refractivity contribution in [2.75, 3.05) is 0 Å². The van der Waals surface area contributed by atoms with E-state index in [-0.39, 0.29) is 0 Å². The van der Waals surface area contributed by atoms with Gasteiger partial charge in [-0.05, 0) is 115 Å². The second-order valence-corrected chi connectivity index (χ2v) is 23.0. The molecule has 18 rings (SSSR count). The maximum atomic E-state index is 11.1. The molecule has 0 saturated carbocycles. The molecule has 0 fully saturated rings. The van der Waals surface area contributed by atoms with Gasteiger partial charge in [-0.1, -0.05) is 194 Å². The largest absolute Gasteiger partial charge is 0.309 e. The molecule has 18 aromatic rings. The van der Waals surface area contributed by atoms with Crippen LogP contribution in [0.3, 0.4) is 0 Å². The molecule has 0 unspecified atom stereocenters. The number of para-hydroxylation sites is 6. The predicted octanol–water partition coefficient (Wildman–Crippen LogP) is 20.5. The molecule has 0 radical (unpaired) electrons.